The van der Waals surface area contributed by atoms with Gasteiger partial charge in [0.15, 0.2) is 9.84 Å². The molecule has 1 N–H and O–H groups in total. The molecule has 2 aliphatic heterocycles. The molecule has 0 aliphatic carbocycles. The van der Waals surface area contributed by atoms with Crippen LogP contribution in [0.25, 0.3) is 0 Å². The second-order valence-corrected chi connectivity index (χ2v) is 10.9. The molecule has 8 heteroatoms. The molecule has 156 valence electrons. The van der Waals surface area contributed by atoms with Crippen LogP contribution in [0, 0.1) is 6.92 Å². The highest BCUT2D eigenvalue weighted by Gasteiger charge is 2.31. The minimum atomic E-state index is -3.03. The molecule has 3 heterocycles. The van der Waals surface area contributed by atoms with Crippen molar-refractivity contribution in [2.45, 2.75) is 58.1 Å². The van der Waals surface area contributed by atoms with Gasteiger partial charge >= 0.3 is 0 Å². The van der Waals surface area contributed by atoms with E-state index >= 15 is 0 Å². The number of nitrogens with zero attached hydrogens (tertiary/aromatic N) is 2. The van der Waals surface area contributed by atoms with E-state index in [1.165, 1.54) is 0 Å². The molecule has 0 unspecified atom stereocenters. The van der Waals surface area contributed by atoms with Crippen molar-refractivity contribution in [1.29, 1.82) is 0 Å². The number of fused-ring (bicyclic) bond motifs is 1. The van der Waals surface area contributed by atoms with Crippen LogP contribution < -0.4 is 10.1 Å². The lowest BCUT2D eigenvalue weighted by molar-refractivity contribution is -0.115. The third-order valence-electron chi connectivity index (χ3n) is 5.55. The number of ether oxygens (including phenoxy) is 1. The van der Waals surface area contributed by atoms with E-state index in [0.29, 0.717) is 12.2 Å². The summed E-state index contributed by atoms with van der Waals surface area (Å²) in [7, 11) is -3.03. The van der Waals surface area contributed by atoms with Crippen LogP contribution in [-0.2, 0) is 27.5 Å². The van der Waals surface area contributed by atoms with Gasteiger partial charge in [-0.25, -0.2) is 13.1 Å². The zero-order valence-corrected chi connectivity index (χ0v) is 17.9. The highest BCUT2D eigenvalue weighted by atomic mass is 32.2. The average Bonchev–Trinajstić information content (AvgIpc) is 3.16. The van der Waals surface area contributed by atoms with Crippen molar-refractivity contribution in [1.82, 2.24) is 9.78 Å². The van der Waals surface area contributed by atoms with Crippen molar-refractivity contribution in [3.63, 3.8) is 0 Å². The number of sulfone groups is 1. The van der Waals surface area contributed by atoms with E-state index in [1.54, 1.807) is 10.7 Å². The fraction of sp³-hybridized carbons (Fsp3) is 0.524. The number of carbonyl (C=O) groups excluding carboxylic acids is 1. The summed E-state index contributed by atoms with van der Waals surface area (Å²) in [5.74, 6) is 1.53. The number of aromatic nitrogens is 2. The van der Waals surface area contributed by atoms with Crippen molar-refractivity contribution in [3.05, 3.63) is 41.1 Å². The third kappa shape index (κ3) is 4.47. The molecular formula is C21H27N3O4S. The highest BCUT2D eigenvalue weighted by molar-refractivity contribution is 7.91. The minimum Gasteiger partial charge on any atom is -0.488 e. The summed E-state index contributed by atoms with van der Waals surface area (Å²) in [5, 5.41) is 7.32. The predicted octanol–water partition coefficient (Wildman–Crippen LogP) is 2.84. The summed E-state index contributed by atoms with van der Waals surface area (Å²) < 4.78 is 31.3. The Labute approximate surface area is 171 Å². The van der Waals surface area contributed by atoms with Crippen LogP contribution in [0.4, 0.5) is 5.82 Å². The lowest BCUT2D eigenvalue weighted by Crippen LogP contribution is -2.32. The van der Waals surface area contributed by atoms with Crippen LogP contribution in [0.1, 0.15) is 49.6 Å². The van der Waals surface area contributed by atoms with E-state index in [0.717, 1.165) is 35.4 Å². The number of hydrogen-bond donors (Lipinski definition) is 1. The Balaban J connectivity index is 1.46. The van der Waals surface area contributed by atoms with Crippen molar-refractivity contribution >= 4 is 21.6 Å². The summed E-state index contributed by atoms with van der Waals surface area (Å²) >= 11 is 0. The Morgan fingerprint density at radius 2 is 2.14 bits per heavy atom. The standard InChI is InChI=1S/C21H27N3O4S/c1-14-10-19(24(23-14)17-7-9-29(26,27)13-17)22-20(25)12-15-4-5-18-16(11-15)6-8-21(2,3)28-18/h4-5,10-11,17H,6-9,12-13H2,1-3H3,(H,22,25)/t17-/m0/s1. The van der Waals surface area contributed by atoms with Gasteiger partial charge in [-0.15, -0.1) is 0 Å². The third-order valence-corrected chi connectivity index (χ3v) is 7.30. The quantitative estimate of drug-likeness (QED) is 0.826. The van der Waals surface area contributed by atoms with Crippen molar-refractivity contribution < 1.29 is 17.9 Å². The summed E-state index contributed by atoms with van der Waals surface area (Å²) in [6.45, 7) is 6.00. The average molecular weight is 418 g/mol. The van der Waals surface area contributed by atoms with Gasteiger partial charge in [-0.1, -0.05) is 12.1 Å². The van der Waals surface area contributed by atoms with Gasteiger partial charge in [-0.05, 0) is 57.2 Å². The lowest BCUT2D eigenvalue weighted by atomic mass is 9.93. The maximum absolute atomic E-state index is 12.7. The molecule has 2 aromatic rings. The normalized spacial score (nSPS) is 22.0. The molecule has 1 aromatic heterocycles. The second kappa shape index (κ2) is 7.16. The van der Waals surface area contributed by atoms with E-state index in [2.05, 4.69) is 24.3 Å². The number of nitrogens with one attached hydrogen (secondary N) is 1. The summed E-state index contributed by atoms with van der Waals surface area (Å²) in [6, 6.07) is 7.46. The van der Waals surface area contributed by atoms with Gasteiger partial charge in [0.2, 0.25) is 5.91 Å². The number of carbonyl (C=O) groups is 1. The van der Waals surface area contributed by atoms with Crippen LogP contribution in [0.5, 0.6) is 5.75 Å². The van der Waals surface area contributed by atoms with Crippen LogP contribution >= 0.6 is 0 Å². The molecule has 7 nitrogen and oxygen atoms in total. The zero-order valence-electron chi connectivity index (χ0n) is 17.1. The van der Waals surface area contributed by atoms with E-state index in [1.807, 2.05) is 25.1 Å². The Bertz CT molecular complexity index is 1060. The summed E-state index contributed by atoms with van der Waals surface area (Å²) in [4.78, 5) is 12.7. The van der Waals surface area contributed by atoms with Crippen LogP contribution in [0.2, 0.25) is 0 Å². The fourth-order valence-corrected chi connectivity index (χ4v) is 5.74. The first kappa shape index (κ1) is 19.9. The summed E-state index contributed by atoms with van der Waals surface area (Å²) in [5.41, 5.74) is 2.65. The van der Waals surface area contributed by atoms with Gasteiger partial charge in [0, 0.05) is 6.07 Å². The Hall–Kier alpha value is -2.35. The molecule has 1 saturated heterocycles. The number of amides is 1. The molecule has 1 fully saturated rings. The first-order chi connectivity index (χ1) is 13.6. The lowest BCUT2D eigenvalue weighted by Gasteiger charge is -2.32. The maximum Gasteiger partial charge on any atom is 0.229 e. The SMILES string of the molecule is Cc1cc(NC(=O)Cc2ccc3c(c2)CCC(C)(C)O3)n([C@H]2CCS(=O)(=O)C2)n1. The first-order valence-electron chi connectivity index (χ1n) is 9.97. The van der Waals surface area contributed by atoms with Crippen molar-refractivity contribution in [2.24, 2.45) is 0 Å². The number of hydrogen-bond acceptors (Lipinski definition) is 5. The molecule has 0 bridgehead atoms. The van der Waals surface area contributed by atoms with E-state index in [4.69, 9.17) is 4.74 Å². The maximum atomic E-state index is 12.7. The molecule has 1 amide bonds. The fourth-order valence-electron chi connectivity index (χ4n) is 4.05. The van der Waals surface area contributed by atoms with Gasteiger partial charge < -0.3 is 10.1 Å². The van der Waals surface area contributed by atoms with Gasteiger partial charge in [0.05, 0.1) is 29.7 Å². The number of aryl methyl sites for hydroxylation is 2. The molecule has 4 rings (SSSR count). The highest BCUT2D eigenvalue weighted by Crippen LogP contribution is 2.33. The largest absolute Gasteiger partial charge is 0.488 e. The molecule has 0 spiro atoms. The predicted molar refractivity (Wildman–Crippen MR) is 111 cm³/mol. The molecule has 29 heavy (non-hydrogen) atoms. The molecule has 1 atom stereocenters. The Morgan fingerprint density at radius 3 is 2.86 bits per heavy atom. The monoisotopic (exact) mass is 417 g/mol. The Morgan fingerprint density at radius 1 is 1.34 bits per heavy atom. The van der Waals surface area contributed by atoms with Crippen LogP contribution in [-0.4, -0.2) is 41.2 Å². The first-order valence-corrected chi connectivity index (χ1v) is 11.8. The van der Waals surface area contributed by atoms with Crippen molar-refractivity contribution in [2.75, 3.05) is 16.8 Å². The van der Waals surface area contributed by atoms with Crippen LogP contribution in [0.15, 0.2) is 24.3 Å². The topological polar surface area (TPSA) is 90.3 Å². The van der Waals surface area contributed by atoms with Gasteiger partial charge in [-0.2, -0.15) is 5.10 Å². The number of rotatable bonds is 4. The molecule has 0 radical (unpaired) electrons. The van der Waals surface area contributed by atoms with E-state index in [9.17, 15) is 13.2 Å². The second-order valence-electron chi connectivity index (χ2n) is 8.70. The van der Waals surface area contributed by atoms with Gasteiger partial charge in [-0.3, -0.25) is 4.79 Å². The molecular weight excluding hydrogens is 390 g/mol. The zero-order chi connectivity index (χ0) is 20.8. The number of benzene rings is 1. The van der Waals surface area contributed by atoms with E-state index < -0.39 is 9.84 Å². The van der Waals surface area contributed by atoms with E-state index in [-0.39, 0.29) is 35.5 Å². The van der Waals surface area contributed by atoms with Crippen LogP contribution in [0.3, 0.4) is 0 Å². The molecule has 1 aromatic carbocycles. The van der Waals surface area contributed by atoms with Crippen molar-refractivity contribution in [3.8, 4) is 5.75 Å². The smallest absolute Gasteiger partial charge is 0.229 e. The Kier molecular flexibility index (Phi) is 4.93. The van der Waals surface area contributed by atoms with Gasteiger partial charge in [0.25, 0.3) is 0 Å². The molecule has 0 saturated carbocycles. The summed E-state index contributed by atoms with van der Waals surface area (Å²) in [6.07, 6.45) is 2.63. The van der Waals surface area contributed by atoms with Gasteiger partial charge in [0.1, 0.15) is 17.2 Å². The number of anilines is 1. The molecule has 2 aliphatic rings. The minimum absolute atomic E-state index is 0.0676.